The molecular formula is C22H17F2N3O2. The first-order chi connectivity index (χ1) is 13.9. The van der Waals surface area contributed by atoms with Crippen LogP contribution in [0.4, 0.5) is 8.78 Å². The zero-order chi connectivity index (χ0) is 20.3. The fourth-order valence-electron chi connectivity index (χ4n) is 4.36. The number of H-pyrrole nitrogens is 2. The molecule has 7 heteroatoms. The summed E-state index contributed by atoms with van der Waals surface area (Å²) < 4.78 is 27.6. The number of fused-ring (bicyclic) bond motifs is 2. The van der Waals surface area contributed by atoms with E-state index in [1.165, 1.54) is 31.3 Å². The van der Waals surface area contributed by atoms with E-state index in [1.807, 2.05) is 0 Å². The van der Waals surface area contributed by atoms with E-state index in [0.717, 1.165) is 16.0 Å². The summed E-state index contributed by atoms with van der Waals surface area (Å²) in [6.07, 6.45) is 3.68. The van der Waals surface area contributed by atoms with Gasteiger partial charge in [-0.2, -0.15) is 0 Å². The van der Waals surface area contributed by atoms with E-state index in [2.05, 4.69) is 9.97 Å². The second-order valence-corrected chi connectivity index (χ2v) is 7.46. The van der Waals surface area contributed by atoms with Crippen LogP contribution < -0.4 is 0 Å². The van der Waals surface area contributed by atoms with Crippen LogP contribution in [0.25, 0.3) is 21.8 Å². The van der Waals surface area contributed by atoms with Crippen molar-refractivity contribution in [1.82, 2.24) is 14.9 Å². The van der Waals surface area contributed by atoms with Crippen LogP contribution in [0.15, 0.2) is 48.8 Å². The van der Waals surface area contributed by atoms with Crippen LogP contribution in [0.1, 0.15) is 17.0 Å². The predicted molar refractivity (Wildman–Crippen MR) is 104 cm³/mol. The van der Waals surface area contributed by atoms with Crippen molar-refractivity contribution in [2.24, 2.45) is 5.92 Å². The molecule has 2 amide bonds. The molecule has 3 heterocycles. The van der Waals surface area contributed by atoms with Crippen molar-refractivity contribution >= 4 is 33.6 Å². The second-order valence-electron chi connectivity index (χ2n) is 7.46. The molecule has 2 N–H and O–H groups in total. The van der Waals surface area contributed by atoms with Crippen LogP contribution in [0.2, 0.25) is 0 Å². The fraction of sp³-hybridized carbons (Fsp3) is 0.182. The number of carbonyl (C=O) groups is 2. The molecule has 0 saturated carbocycles. The summed E-state index contributed by atoms with van der Waals surface area (Å²) in [5, 5.41) is 1.27. The first kappa shape index (κ1) is 17.6. The minimum Gasteiger partial charge on any atom is -0.361 e. The molecule has 2 aromatic carbocycles. The highest BCUT2D eigenvalue weighted by molar-refractivity contribution is 6.09. The van der Waals surface area contributed by atoms with E-state index in [9.17, 15) is 18.4 Å². The van der Waals surface area contributed by atoms with Crippen LogP contribution in [-0.2, 0) is 16.0 Å². The van der Waals surface area contributed by atoms with E-state index >= 15 is 0 Å². The van der Waals surface area contributed by atoms with E-state index < -0.39 is 17.7 Å². The Morgan fingerprint density at radius 3 is 2.24 bits per heavy atom. The molecule has 0 bridgehead atoms. The SMILES string of the molecule is CN1C(=O)C(Cc2c[nH]c3ccc(F)cc23)C(c2c[nH]c3ccc(F)cc23)C1=O. The average molecular weight is 393 g/mol. The predicted octanol–water partition coefficient (Wildman–Crippen LogP) is 3.87. The number of likely N-dealkylation sites (N-methyl/N-ethyl adjacent to an activating group) is 1. The number of nitrogens with zero attached hydrogens (tertiary/aromatic N) is 1. The molecule has 2 unspecified atom stereocenters. The number of nitrogens with one attached hydrogen (secondary N) is 2. The first-order valence-electron chi connectivity index (χ1n) is 9.27. The molecule has 0 aliphatic carbocycles. The number of benzene rings is 2. The summed E-state index contributed by atoms with van der Waals surface area (Å²) in [5.41, 5.74) is 2.82. The van der Waals surface area contributed by atoms with Gasteiger partial charge in [-0.05, 0) is 53.9 Å². The molecule has 1 aliphatic rings. The Morgan fingerprint density at radius 2 is 1.52 bits per heavy atom. The Bertz CT molecular complexity index is 1290. The van der Waals surface area contributed by atoms with E-state index in [-0.39, 0.29) is 24.1 Å². The van der Waals surface area contributed by atoms with Crippen molar-refractivity contribution in [3.8, 4) is 0 Å². The molecule has 0 spiro atoms. The van der Waals surface area contributed by atoms with Crippen LogP contribution in [0, 0.1) is 17.6 Å². The van der Waals surface area contributed by atoms with Crippen molar-refractivity contribution in [3.63, 3.8) is 0 Å². The number of hydrogen-bond donors (Lipinski definition) is 2. The molecule has 0 radical (unpaired) electrons. The van der Waals surface area contributed by atoms with Gasteiger partial charge >= 0.3 is 0 Å². The number of rotatable bonds is 3. The molecule has 1 fully saturated rings. The van der Waals surface area contributed by atoms with E-state index in [1.54, 1.807) is 24.5 Å². The standard InChI is InChI=1S/C22H17F2N3O2/c1-27-21(28)16(6-11-9-25-18-4-2-12(23)7-14(11)18)20(22(27)29)17-10-26-19-5-3-13(24)8-15(17)19/h2-5,7-10,16,20,25-26H,6H2,1H3. The average Bonchev–Trinajstić information content (AvgIpc) is 3.35. The molecule has 5 rings (SSSR count). The maximum Gasteiger partial charge on any atom is 0.237 e. The van der Waals surface area contributed by atoms with Crippen molar-refractivity contribution < 1.29 is 18.4 Å². The largest absolute Gasteiger partial charge is 0.361 e. The van der Waals surface area contributed by atoms with Gasteiger partial charge in [0.2, 0.25) is 11.8 Å². The van der Waals surface area contributed by atoms with E-state index in [0.29, 0.717) is 21.9 Å². The van der Waals surface area contributed by atoms with Gasteiger partial charge in [-0.15, -0.1) is 0 Å². The van der Waals surface area contributed by atoms with Gasteiger partial charge in [0, 0.05) is 41.2 Å². The van der Waals surface area contributed by atoms with Gasteiger partial charge in [0.15, 0.2) is 0 Å². The minimum atomic E-state index is -0.735. The Hall–Kier alpha value is -3.48. The molecule has 5 nitrogen and oxygen atoms in total. The number of carbonyl (C=O) groups excluding carboxylic acids is 2. The number of amides is 2. The monoisotopic (exact) mass is 393 g/mol. The van der Waals surface area contributed by atoms with Crippen LogP contribution in [0.5, 0.6) is 0 Å². The zero-order valence-corrected chi connectivity index (χ0v) is 15.5. The first-order valence-corrected chi connectivity index (χ1v) is 9.27. The topological polar surface area (TPSA) is 69.0 Å². The maximum absolute atomic E-state index is 13.8. The van der Waals surface area contributed by atoms with Gasteiger partial charge in [-0.3, -0.25) is 14.5 Å². The third-order valence-electron chi connectivity index (χ3n) is 5.83. The zero-order valence-electron chi connectivity index (χ0n) is 15.5. The van der Waals surface area contributed by atoms with Crippen molar-refractivity contribution in [1.29, 1.82) is 0 Å². The molecular weight excluding hydrogens is 376 g/mol. The van der Waals surface area contributed by atoms with Crippen molar-refractivity contribution in [2.45, 2.75) is 12.3 Å². The highest BCUT2D eigenvalue weighted by atomic mass is 19.1. The van der Waals surface area contributed by atoms with Gasteiger partial charge < -0.3 is 9.97 Å². The highest BCUT2D eigenvalue weighted by Crippen LogP contribution is 2.40. The minimum absolute atomic E-state index is 0.269. The highest BCUT2D eigenvalue weighted by Gasteiger charge is 2.47. The van der Waals surface area contributed by atoms with Gasteiger partial charge in [-0.1, -0.05) is 0 Å². The lowest BCUT2D eigenvalue weighted by molar-refractivity contribution is -0.137. The number of hydrogen-bond acceptors (Lipinski definition) is 2. The Kier molecular flexibility index (Phi) is 3.81. The lowest BCUT2D eigenvalue weighted by atomic mass is 9.83. The second kappa shape index (κ2) is 6.27. The van der Waals surface area contributed by atoms with Crippen LogP contribution in [0.3, 0.4) is 0 Å². The molecule has 1 aliphatic heterocycles. The number of aromatic amines is 2. The van der Waals surface area contributed by atoms with Gasteiger partial charge in [0.1, 0.15) is 11.6 Å². The summed E-state index contributed by atoms with van der Waals surface area (Å²) in [4.78, 5) is 33.1. The third kappa shape index (κ3) is 2.65. The molecule has 2 aromatic heterocycles. The number of aromatic nitrogens is 2. The van der Waals surface area contributed by atoms with Crippen molar-refractivity contribution in [3.05, 3.63) is 71.6 Å². The lowest BCUT2D eigenvalue weighted by Gasteiger charge is -2.15. The van der Waals surface area contributed by atoms with Gasteiger partial charge in [0.25, 0.3) is 0 Å². The molecule has 2 atom stereocenters. The summed E-state index contributed by atoms with van der Waals surface area (Å²) in [6, 6.07) is 8.74. The van der Waals surface area contributed by atoms with Gasteiger partial charge in [-0.25, -0.2) is 8.78 Å². The molecule has 4 aromatic rings. The van der Waals surface area contributed by atoms with Crippen LogP contribution >= 0.6 is 0 Å². The molecule has 146 valence electrons. The summed E-state index contributed by atoms with van der Waals surface area (Å²) >= 11 is 0. The van der Waals surface area contributed by atoms with Gasteiger partial charge in [0.05, 0.1) is 11.8 Å². The molecule has 1 saturated heterocycles. The normalized spacial score (nSPS) is 19.8. The maximum atomic E-state index is 13.8. The lowest BCUT2D eigenvalue weighted by Crippen LogP contribution is -2.26. The van der Waals surface area contributed by atoms with E-state index in [4.69, 9.17) is 0 Å². The molecule has 29 heavy (non-hydrogen) atoms. The number of imide groups is 1. The number of halogens is 2. The number of likely N-dealkylation sites (tertiary alicyclic amines) is 1. The Labute approximate surface area is 164 Å². The Balaban J connectivity index is 1.61. The quantitative estimate of drug-likeness (QED) is 0.519. The van der Waals surface area contributed by atoms with Crippen molar-refractivity contribution in [2.75, 3.05) is 7.05 Å². The van der Waals surface area contributed by atoms with Crippen LogP contribution in [-0.4, -0.2) is 33.7 Å². The summed E-state index contributed by atoms with van der Waals surface area (Å²) in [6.45, 7) is 0. The third-order valence-corrected chi connectivity index (χ3v) is 5.83. The Morgan fingerprint density at radius 1 is 0.897 bits per heavy atom. The fourth-order valence-corrected chi connectivity index (χ4v) is 4.36. The summed E-state index contributed by atoms with van der Waals surface area (Å²) in [5.74, 6) is -2.79. The summed E-state index contributed by atoms with van der Waals surface area (Å²) in [7, 11) is 1.46. The smallest absolute Gasteiger partial charge is 0.237 e.